The predicted octanol–water partition coefficient (Wildman–Crippen LogP) is 3.91. The van der Waals surface area contributed by atoms with Crippen molar-refractivity contribution >= 4 is 27.3 Å². The summed E-state index contributed by atoms with van der Waals surface area (Å²) in [4.78, 5) is 4.24. The smallest absolute Gasteiger partial charge is 0.0701 e. The molecule has 1 aromatic rings. The zero-order valence-electron chi connectivity index (χ0n) is 12.5. The van der Waals surface area contributed by atoms with E-state index in [0.29, 0.717) is 11.6 Å². The number of hydrogen-bond donors (Lipinski definition) is 1. The Bertz CT molecular complexity index is 457. The molecule has 112 valence electrons. The van der Waals surface area contributed by atoms with Crippen LogP contribution < -0.4 is 5.32 Å². The molecule has 1 aromatic heterocycles. The normalized spacial score (nSPS) is 31.6. The standard InChI is InChI=1S/C16H25BrN2S/c1-3-13-10-18-16(2,12-4-5-12)11-19(13)9-8-14-6-7-15(17)20-14/h6-7,12-13,18H,3-5,8-11H2,1-2H3. The molecular formula is C16H25BrN2S. The molecule has 1 aliphatic carbocycles. The summed E-state index contributed by atoms with van der Waals surface area (Å²) in [6.45, 7) is 8.35. The van der Waals surface area contributed by atoms with E-state index in [1.807, 2.05) is 11.3 Å². The first-order chi connectivity index (χ1) is 9.60. The summed E-state index contributed by atoms with van der Waals surface area (Å²) in [6, 6.07) is 5.15. The number of nitrogens with zero attached hydrogens (tertiary/aromatic N) is 1. The lowest BCUT2D eigenvalue weighted by atomic mass is 9.90. The fourth-order valence-electron chi connectivity index (χ4n) is 3.48. The molecule has 0 spiro atoms. The van der Waals surface area contributed by atoms with E-state index in [1.54, 1.807) is 0 Å². The molecule has 1 N–H and O–H groups in total. The first kappa shape index (κ1) is 15.0. The van der Waals surface area contributed by atoms with Gasteiger partial charge in [0.05, 0.1) is 3.79 Å². The SMILES string of the molecule is CCC1CNC(C)(C2CC2)CN1CCc1ccc(Br)s1. The Hall–Kier alpha value is 0.1000. The Labute approximate surface area is 135 Å². The highest BCUT2D eigenvalue weighted by Crippen LogP contribution is 2.41. The minimum Gasteiger partial charge on any atom is -0.308 e. The van der Waals surface area contributed by atoms with Gasteiger partial charge < -0.3 is 5.32 Å². The molecule has 20 heavy (non-hydrogen) atoms. The second-order valence-corrected chi connectivity index (χ2v) is 9.11. The first-order valence-electron chi connectivity index (χ1n) is 7.84. The van der Waals surface area contributed by atoms with Crippen molar-refractivity contribution in [3.05, 3.63) is 20.8 Å². The lowest BCUT2D eigenvalue weighted by Crippen LogP contribution is -2.64. The summed E-state index contributed by atoms with van der Waals surface area (Å²) in [5, 5.41) is 3.84. The van der Waals surface area contributed by atoms with Crippen molar-refractivity contribution in [2.24, 2.45) is 5.92 Å². The number of hydrogen-bond acceptors (Lipinski definition) is 3. The van der Waals surface area contributed by atoms with Crippen molar-refractivity contribution in [3.63, 3.8) is 0 Å². The molecule has 2 unspecified atom stereocenters. The average Bonchev–Trinajstić information content (AvgIpc) is 3.21. The molecule has 0 bridgehead atoms. The van der Waals surface area contributed by atoms with Gasteiger partial charge in [0.15, 0.2) is 0 Å². The van der Waals surface area contributed by atoms with Gasteiger partial charge in [0.1, 0.15) is 0 Å². The minimum atomic E-state index is 0.363. The summed E-state index contributed by atoms with van der Waals surface area (Å²) in [7, 11) is 0. The summed E-state index contributed by atoms with van der Waals surface area (Å²) < 4.78 is 1.25. The third-order valence-corrected chi connectivity index (χ3v) is 6.70. The molecule has 2 nitrogen and oxygen atoms in total. The fourth-order valence-corrected chi connectivity index (χ4v) is 4.96. The lowest BCUT2D eigenvalue weighted by Gasteiger charge is -2.46. The topological polar surface area (TPSA) is 15.3 Å². The second kappa shape index (κ2) is 6.07. The van der Waals surface area contributed by atoms with E-state index in [-0.39, 0.29) is 0 Å². The summed E-state index contributed by atoms with van der Waals surface area (Å²) in [5.41, 5.74) is 0.363. The van der Waals surface area contributed by atoms with Crippen molar-refractivity contribution in [2.45, 2.75) is 51.1 Å². The zero-order chi connectivity index (χ0) is 14.2. The quantitative estimate of drug-likeness (QED) is 0.860. The summed E-state index contributed by atoms with van der Waals surface area (Å²) >= 11 is 5.44. The molecule has 3 rings (SSSR count). The van der Waals surface area contributed by atoms with Crippen molar-refractivity contribution in [1.82, 2.24) is 10.2 Å². The van der Waals surface area contributed by atoms with Gasteiger partial charge in [-0.1, -0.05) is 6.92 Å². The van der Waals surface area contributed by atoms with Crippen LogP contribution in [-0.4, -0.2) is 36.1 Å². The average molecular weight is 357 g/mol. The van der Waals surface area contributed by atoms with E-state index >= 15 is 0 Å². The lowest BCUT2D eigenvalue weighted by molar-refractivity contribution is 0.0741. The van der Waals surface area contributed by atoms with E-state index in [2.05, 4.69) is 52.1 Å². The summed E-state index contributed by atoms with van der Waals surface area (Å²) in [6.07, 6.45) is 5.29. The Morgan fingerprint density at radius 2 is 2.25 bits per heavy atom. The summed E-state index contributed by atoms with van der Waals surface area (Å²) in [5.74, 6) is 0.915. The largest absolute Gasteiger partial charge is 0.308 e. The molecule has 0 aromatic carbocycles. The maximum Gasteiger partial charge on any atom is 0.0701 e. The molecule has 1 saturated heterocycles. The molecule has 0 radical (unpaired) electrons. The molecule has 2 atom stereocenters. The highest BCUT2D eigenvalue weighted by atomic mass is 79.9. The van der Waals surface area contributed by atoms with Crippen LogP contribution in [0.25, 0.3) is 0 Å². The number of piperazine rings is 1. The molecule has 1 aliphatic heterocycles. The van der Waals surface area contributed by atoms with E-state index < -0.39 is 0 Å². The van der Waals surface area contributed by atoms with Crippen molar-refractivity contribution in [3.8, 4) is 0 Å². The molecular weight excluding hydrogens is 332 g/mol. The van der Waals surface area contributed by atoms with Gasteiger partial charge >= 0.3 is 0 Å². The van der Waals surface area contributed by atoms with Crippen LogP contribution in [0.3, 0.4) is 0 Å². The highest BCUT2D eigenvalue weighted by Gasteiger charge is 2.45. The van der Waals surface area contributed by atoms with Crippen molar-refractivity contribution < 1.29 is 0 Å². The van der Waals surface area contributed by atoms with Gasteiger partial charge in [-0.2, -0.15) is 0 Å². The van der Waals surface area contributed by atoms with Crippen LogP contribution in [-0.2, 0) is 6.42 Å². The molecule has 2 aliphatic rings. The van der Waals surface area contributed by atoms with Gasteiger partial charge in [-0.3, -0.25) is 4.90 Å². The van der Waals surface area contributed by atoms with E-state index in [4.69, 9.17) is 0 Å². The van der Waals surface area contributed by atoms with Crippen LogP contribution in [0.15, 0.2) is 15.9 Å². The van der Waals surface area contributed by atoms with Crippen LogP contribution in [0.1, 0.15) is 38.0 Å². The maximum absolute atomic E-state index is 3.84. The fraction of sp³-hybridized carbons (Fsp3) is 0.750. The second-order valence-electron chi connectivity index (χ2n) is 6.56. The van der Waals surface area contributed by atoms with Crippen LogP contribution in [0.5, 0.6) is 0 Å². The van der Waals surface area contributed by atoms with Crippen molar-refractivity contribution in [1.29, 1.82) is 0 Å². The van der Waals surface area contributed by atoms with Gasteiger partial charge in [0.25, 0.3) is 0 Å². The monoisotopic (exact) mass is 356 g/mol. The van der Waals surface area contributed by atoms with Gasteiger partial charge in [0, 0.05) is 36.1 Å². The Morgan fingerprint density at radius 1 is 1.45 bits per heavy atom. The number of halogens is 1. The zero-order valence-corrected chi connectivity index (χ0v) is 14.9. The van der Waals surface area contributed by atoms with Crippen molar-refractivity contribution in [2.75, 3.05) is 19.6 Å². The molecule has 1 saturated carbocycles. The third-order valence-electron chi connectivity index (χ3n) is 5.01. The highest BCUT2D eigenvalue weighted by molar-refractivity contribution is 9.11. The van der Waals surface area contributed by atoms with E-state index in [9.17, 15) is 0 Å². The maximum atomic E-state index is 3.84. The van der Waals surface area contributed by atoms with Gasteiger partial charge in [-0.05, 0) is 66.6 Å². The number of nitrogens with one attached hydrogen (secondary N) is 1. The molecule has 2 fully saturated rings. The minimum absolute atomic E-state index is 0.363. The van der Waals surface area contributed by atoms with Crippen LogP contribution >= 0.6 is 27.3 Å². The third kappa shape index (κ3) is 3.29. The number of thiophene rings is 1. The molecule has 4 heteroatoms. The first-order valence-corrected chi connectivity index (χ1v) is 9.45. The Balaban J connectivity index is 1.61. The van der Waals surface area contributed by atoms with Gasteiger partial charge in [-0.15, -0.1) is 11.3 Å². The van der Waals surface area contributed by atoms with E-state index in [1.165, 1.54) is 47.4 Å². The number of rotatable bonds is 5. The van der Waals surface area contributed by atoms with Crippen LogP contribution in [0, 0.1) is 5.92 Å². The van der Waals surface area contributed by atoms with Gasteiger partial charge in [0.2, 0.25) is 0 Å². The Kier molecular flexibility index (Phi) is 4.56. The van der Waals surface area contributed by atoms with Crippen LogP contribution in [0.2, 0.25) is 0 Å². The molecule has 2 heterocycles. The van der Waals surface area contributed by atoms with E-state index in [0.717, 1.165) is 12.5 Å². The predicted molar refractivity (Wildman–Crippen MR) is 90.5 cm³/mol. The van der Waals surface area contributed by atoms with Gasteiger partial charge in [-0.25, -0.2) is 0 Å². The van der Waals surface area contributed by atoms with Crippen LogP contribution in [0.4, 0.5) is 0 Å². The molecule has 0 amide bonds. The Morgan fingerprint density at radius 3 is 2.85 bits per heavy atom.